The molecule has 3 fully saturated rings. The summed E-state index contributed by atoms with van der Waals surface area (Å²) in [7, 11) is 0. The Morgan fingerprint density at radius 2 is 1.02 bits per heavy atom. The van der Waals surface area contributed by atoms with Crippen LogP contribution in [0.25, 0.3) is 0 Å². The fourth-order valence-electron chi connectivity index (χ4n) is 4.24. The summed E-state index contributed by atoms with van der Waals surface area (Å²) in [5.41, 5.74) is 0. The van der Waals surface area contributed by atoms with E-state index < -0.39 is 106 Å². The molecule has 3 rings (SSSR count). The molecule has 238 valence electrons. The van der Waals surface area contributed by atoms with E-state index >= 15 is 0 Å². The second-order valence-electron chi connectivity index (χ2n) is 9.81. The van der Waals surface area contributed by atoms with Gasteiger partial charge in [0, 0.05) is 0 Å². The Labute approximate surface area is 232 Å². The lowest BCUT2D eigenvalue weighted by Gasteiger charge is -2.47. The van der Waals surface area contributed by atoms with Crippen molar-refractivity contribution in [2.75, 3.05) is 26.4 Å². The van der Waals surface area contributed by atoms with Gasteiger partial charge in [0.25, 0.3) is 0 Å². The molecular weight excluding hydrogens is 544 g/mol. The van der Waals surface area contributed by atoms with Crippen molar-refractivity contribution < 1.29 is 79.1 Å². The van der Waals surface area contributed by atoms with Crippen molar-refractivity contribution in [3.05, 3.63) is 0 Å². The Bertz CT molecular complexity index is 702. The maximum absolute atomic E-state index is 10.9. The Kier molecular flexibility index (Phi) is 15.0. The third kappa shape index (κ3) is 8.70. The molecule has 3 aliphatic heterocycles. The van der Waals surface area contributed by atoms with Crippen LogP contribution in [0.3, 0.4) is 0 Å². The number of rotatable bonds is 11. The van der Waals surface area contributed by atoms with E-state index in [4.69, 9.17) is 33.2 Å². The summed E-state index contributed by atoms with van der Waals surface area (Å²) in [5, 5.41) is 91.4. The zero-order valence-electron chi connectivity index (χ0n) is 23.1. The van der Waals surface area contributed by atoms with Crippen molar-refractivity contribution >= 4 is 0 Å². The second kappa shape index (κ2) is 16.9. The van der Waals surface area contributed by atoms with E-state index in [0.717, 1.165) is 0 Å². The van der Waals surface area contributed by atoms with E-state index in [1.165, 1.54) is 0 Å². The van der Waals surface area contributed by atoms with Crippen molar-refractivity contribution in [2.24, 2.45) is 5.92 Å². The fraction of sp³-hybridized carbons (Fsp3) is 1.00. The van der Waals surface area contributed by atoms with Crippen LogP contribution in [0, 0.1) is 5.92 Å². The number of ether oxygens (including phenoxy) is 7. The molecule has 0 aliphatic carbocycles. The van der Waals surface area contributed by atoms with Crippen molar-refractivity contribution in [2.45, 2.75) is 121 Å². The quantitative estimate of drug-likeness (QED) is 0.112. The predicted octanol–water partition coefficient (Wildman–Crippen LogP) is -3.91. The molecule has 14 unspecified atom stereocenters. The summed E-state index contributed by atoms with van der Waals surface area (Å²) >= 11 is 0. The van der Waals surface area contributed by atoms with E-state index in [1.807, 2.05) is 27.7 Å². The molecule has 0 aromatic carbocycles. The van der Waals surface area contributed by atoms with Gasteiger partial charge in [-0.05, 0) is 12.3 Å². The summed E-state index contributed by atoms with van der Waals surface area (Å²) in [4.78, 5) is 0. The molecule has 3 aliphatic rings. The summed E-state index contributed by atoms with van der Waals surface area (Å²) in [6.07, 6.45) is -21.5. The van der Waals surface area contributed by atoms with Crippen LogP contribution in [0.1, 0.15) is 34.1 Å². The largest absolute Gasteiger partial charge is 0.394 e. The van der Waals surface area contributed by atoms with Crippen LogP contribution in [0.15, 0.2) is 0 Å². The van der Waals surface area contributed by atoms with Crippen LogP contribution in [0.5, 0.6) is 0 Å². The maximum Gasteiger partial charge on any atom is 0.210 e. The van der Waals surface area contributed by atoms with Gasteiger partial charge in [0.1, 0.15) is 54.9 Å². The lowest BCUT2D eigenvalue weighted by atomic mass is 9.96. The van der Waals surface area contributed by atoms with Gasteiger partial charge in [-0.2, -0.15) is 0 Å². The van der Waals surface area contributed by atoms with Crippen LogP contribution < -0.4 is 0 Å². The summed E-state index contributed by atoms with van der Waals surface area (Å²) in [6, 6.07) is 0. The highest BCUT2D eigenvalue weighted by Gasteiger charge is 2.53. The second-order valence-corrected chi connectivity index (χ2v) is 9.81. The molecule has 14 atom stereocenters. The zero-order valence-corrected chi connectivity index (χ0v) is 23.1. The minimum absolute atomic E-state index is 0.201. The lowest BCUT2D eigenvalue weighted by molar-refractivity contribution is -0.415. The average Bonchev–Trinajstić information content (AvgIpc) is 2.93. The van der Waals surface area contributed by atoms with Crippen LogP contribution in [-0.2, 0) is 33.2 Å². The van der Waals surface area contributed by atoms with Gasteiger partial charge in [-0.25, -0.2) is 0 Å². The fourth-order valence-corrected chi connectivity index (χ4v) is 4.24. The topological polar surface area (TPSA) is 247 Å². The zero-order chi connectivity index (χ0) is 30.1. The molecule has 0 aromatic heterocycles. The van der Waals surface area contributed by atoms with Crippen molar-refractivity contribution in [1.29, 1.82) is 0 Å². The monoisotopic (exact) mass is 590 g/mol. The van der Waals surface area contributed by atoms with Gasteiger partial charge < -0.3 is 79.1 Å². The molecule has 16 heteroatoms. The first-order valence-corrected chi connectivity index (χ1v) is 13.5. The van der Waals surface area contributed by atoms with E-state index in [-0.39, 0.29) is 6.61 Å². The Balaban J connectivity index is 0.00000274. The Morgan fingerprint density at radius 1 is 0.575 bits per heavy atom. The first-order chi connectivity index (χ1) is 19.0. The van der Waals surface area contributed by atoms with E-state index in [9.17, 15) is 46.0 Å². The molecule has 0 radical (unpaired) electrons. The summed E-state index contributed by atoms with van der Waals surface area (Å²) < 4.78 is 37.7. The number of aliphatic hydroxyl groups is 9. The minimum atomic E-state index is -1.88. The smallest absolute Gasteiger partial charge is 0.210 e. The molecule has 16 nitrogen and oxygen atoms in total. The van der Waals surface area contributed by atoms with Crippen molar-refractivity contribution in [3.8, 4) is 0 Å². The third-order valence-corrected chi connectivity index (χ3v) is 6.52. The van der Waals surface area contributed by atoms with E-state index in [1.54, 1.807) is 0 Å². The highest BCUT2D eigenvalue weighted by molar-refractivity contribution is 4.95. The van der Waals surface area contributed by atoms with Crippen LogP contribution in [-0.4, -0.2) is 159 Å². The minimum Gasteiger partial charge on any atom is -0.394 e. The van der Waals surface area contributed by atoms with Gasteiger partial charge in [0.15, 0.2) is 18.9 Å². The van der Waals surface area contributed by atoms with Gasteiger partial charge in [-0.3, -0.25) is 0 Å². The number of aliphatic hydroxyl groups excluding tert-OH is 9. The van der Waals surface area contributed by atoms with Crippen molar-refractivity contribution in [3.63, 3.8) is 0 Å². The standard InChI is InChI=1S/C22H40O16.C2H6/c1-8(2)3-4-32-20-14(28)16(12(26)9(5-23)33-20)36-21-15(29)17(13(27)10(6-24)34-21)37-22-19(31)38-18(30)11(7-25)35-22;1-2/h8-31H,3-7H2,1-2H3;1-2H3. The first-order valence-electron chi connectivity index (χ1n) is 13.5. The summed E-state index contributed by atoms with van der Waals surface area (Å²) in [6.45, 7) is 6.02. The van der Waals surface area contributed by atoms with E-state index in [0.29, 0.717) is 12.3 Å². The number of hydrogen-bond acceptors (Lipinski definition) is 16. The molecular formula is C24H46O16. The average molecular weight is 591 g/mol. The summed E-state index contributed by atoms with van der Waals surface area (Å²) in [5.74, 6) is 0.291. The molecule has 3 heterocycles. The third-order valence-electron chi connectivity index (χ3n) is 6.52. The van der Waals surface area contributed by atoms with Crippen LogP contribution in [0.2, 0.25) is 0 Å². The normalized spacial score (nSPS) is 44.2. The van der Waals surface area contributed by atoms with Crippen LogP contribution >= 0.6 is 0 Å². The number of hydrogen-bond donors (Lipinski definition) is 9. The van der Waals surface area contributed by atoms with Gasteiger partial charge >= 0.3 is 0 Å². The Hall–Kier alpha value is -0.640. The van der Waals surface area contributed by atoms with Crippen LogP contribution in [0.4, 0.5) is 0 Å². The van der Waals surface area contributed by atoms with Gasteiger partial charge in [-0.15, -0.1) is 0 Å². The Morgan fingerprint density at radius 3 is 1.52 bits per heavy atom. The molecule has 3 saturated heterocycles. The molecule has 0 saturated carbocycles. The highest BCUT2D eigenvalue weighted by Crippen LogP contribution is 2.32. The maximum atomic E-state index is 10.9. The molecule has 9 N–H and O–H groups in total. The molecule has 0 spiro atoms. The molecule has 40 heavy (non-hydrogen) atoms. The SMILES string of the molecule is CC.CC(C)CCOC1OC(CO)C(O)C(OC2OC(CO)C(O)C(OC3OC(CO)C(O)OC3O)C2O)C1O. The molecule has 0 aromatic rings. The highest BCUT2D eigenvalue weighted by atomic mass is 16.8. The van der Waals surface area contributed by atoms with Gasteiger partial charge in [0.2, 0.25) is 12.6 Å². The predicted molar refractivity (Wildman–Crippen MR) is 131 cm³/mol. The van der Waals surface area contributed by atoms with Gasteiger partial charge in [-0.1, -0.05) is 27.7 Å². The van der Waals surface area contributed by atoms with Gasteiger partial charge in [0.05, 0.1) is 26.4 Å². The first kappa shape index (κ1) is 35.6. The van der Waals surface area contributed by atoms with E-state index in [2.05, 4.69) is 0 Å². The van der Waals surface area contributed by atoms with Crippen molar-refractivity contribution in [1.82, 2.24) is 0 Å². The molecule has 0 bridgehead atoms. The lowest BCUT2D eigenvalue weighted by Crippen LogP contribution is -2.66. The molecule has 0 amide bonds.